The van der Waals surface area contributed by atoms with E-state index < -0.39 is 5.79 Å². The first-order chi connectivity index (χ1) is 10.2. The van der Waals surface area contributed by atoms with E-state index in [2.05, 4.69) is 0 Å². The van der Waals surface area contributed by atoms with Crippen LogP contribution in [-0.4, -0.2) is 26.8 Å². The van der Waals surface area contributed by atoms with E-state index in [1.807, 2.05) is 55.3 Å². The maximum absolute atomic E-state index is 12.7. The fraction of sp³-hybridized carbons (Fsp3) is 0.176. The van der Waals surface area contributed by atoms with E-state index in [1.54, 1.807) is 12.1 Å². The summed E-state index contributed by atoms with van der Waals surface area (Å²) in [6.07, 6.45) is 0. The molecule has 0 aliphatic carbocycles. The van der Waals surface area contributed by atoms with E-state index in [1.165, 1.54) is 14.2 Å². The zero-order chi connectivity index (χ0) is 15.7. The Morgan fingerprint density at radius 3 is 1.71 bits per heavy atom. The molecular formula is C17H18O4. The van der Waals surface area contributed by atoms with Gasteiger partial charge in [0, 0.05) is 25.3 Å². The van der Waals surface area contributed by atoms with E-state index in [4.69, 9.17) is 14.3 Å². The van der Waals surface area contributed by atoms with Crippen molar-refractivity contribution in [1.82, 2.24) is 0 Å². The number of hydrogen-bond acceptors (Lipinski definition) is 4. The molecule has 0 aromatic heterocycles. The minimum absolute atomic E-state index is 0.218. The van der Waals surface area contributed by atoms with E-state index in [0.717, 1.165) is 0 Å². The fourth-order valence-electron chi connectivity index (χ4n) is 2.07. The molecule has 4 heteroatoms. The number of carbonyl (C=O) groups excluding carboxylic acids is 2. The van der Waals surface area contributed by atoms with Gasteiger partial charge in [0.25, 0.3) is 5.79 Å². The number of ketones is 1. The minimum atomic E-state index is -1.40. The molecule has 110 valence electrons. The van der Waals surface area contributed by atoms with Gasteiger partial charge in [-0.25, -0.2) is 0 Å². The number of ether oxygens (including phenoxy) is 2. The molecule has 0 atom stereocenters. The Labute approximate surface area is 124 Å². The molecule has 0 saturated carbocycles. The first kappa shape index (κ1) is 16.8. The van der Waals surface area contributed by atoms with Crippen molar-refractivity contribution in [2.45, 2.75) is 5.79 Å². The smallest absolute Gasteiger partial charge is 0.260 e. The zero-order valence-corrected chi connectivity index (χ0v) is 12.1. The molecule has 0 bridgehead atoms. The molecule has 0 spiro atoms. The average molecular weight is 286 g/mol. The van der Waals surface area contributed by atoms with E-state index in [0.29, 0.717) is 11.1 Å². The maximum Gasteiger partial charge on any atom is 0.260 e. The van der Waals surface area contributed by atoms with Gasteiger partial charge in [-0.1, -0.05) is 60.7 Å². The summed E-state index contributed by atoms with van der Waals surface area (Å²) in [7, 11) is 2.94. The average Bonchev–Trinajstić information content (AvgIpc) is 2.60. The lowest BCUT2D eigenvalue weighted by molar-refractivity contribution is -0.176. The van der Waals surface area contributed by atoms with Crippen LogP contribution in [0.5, 0.6) is 0 Å². The normalized spacial score (nSPS) is 10.4. The van der Waals surface area contributed by atoms with Crippen LogP contribution in [0, 0.1) is 0 Å². The van der Waals surface area contributed by atoms with Gasteiger partial charge in [0.05, 0.1) is 0 Å². The van der Waals surface area contributed by atoms with Crippen molar-refractivity contribution in [2.75, 3.05) is 14.2 Å². The SMILES string of the molecule is C=O.COC(OC)(C(=O)c1ccccc1)c1ccccc1. The van der Waals surface area contributed by atoms with Crippen LogP contribution in [0.1, 0.15) is 15.9 Å². The number of Topliss-reactive ketones (excluding diaryl/α,β-unsaturated/α-hetero) is 1. The molecule has 0 unspecified atom stereocenters. The second-order valence-corrected chi connectivity index (χ2v) is 4.09. The highest BCUT2D eigenvalue weighted by atomic mass is 16.7. The van der Waals surface area contributed by atoms with Gasteiger partial charge in [-0.05, 0) is 0 Å². The third kappa shape index (κ3) is 3.42. The van der Waals surface area contributed by atoms with Crippen molar-refractivity contribution in [3.63, 3.8) is 0 Å². The summed E-state index contributed by atoms with van der Waals surface area (Å²) < 4.78 is 10.8. The molecule has 0 saturated heterocycles. The van der Waals surface area contributed by atoms with Gasteiger partial charge in [0.2, 0.25) is 5.78 Å². The van der Waals surface area contributed by atoms with E-state index in [9.17, 15) is 4.79 Å². The van der Waals surface area contributed by atoms with Gasteiger partial charge in [0.15, 0.2) is 0 Å². The Bertz CT molecular complexity index is 548. The van der Waals surface area contributed by atoms with Crippen LogP contribution in [-0.2, 0) is 20.1 Å². The van der Waals surface area contributed by atoms with Crippen LogP contribution < -0.4 is 0 Å². The van der Waals surface area contributed by atoms with Gasteiger partial charge >= 0.3 is 0 Å². The number of benzene rings is 2. The van der Waals surface area contributed by atoms with Crippen molar-refractivity contribution in [3.05, 3.63) is 71.8 Å². The van der Waals surface area contributed by atoms with Crippen LogP contribution in [0.4, 0.5) is 0 Å². The lowest BCUT2D eigenvalue weighted by Crippen LogP contribution is -2.39. The van der Waals surface area contributed by atoms with Crippen molar-refractivity contribution >= 4 is 12.6 Å². The lowest BCUT2D eigenvalue weighted by Gasteiger charge is -2.29. The molecule has 0 radical (unpaired) electrons. The molecule has 21 heavy (non-hydrogen) atoms. The Kier molecular flexibility index (Phi) is 6.46. The summed E-state index contributed by atoms with van der Waals surface area (Å²) in [5.41, 5.74) is 1.23. The number of hydrogen-bond donors (Lipinski definition) is 0. The molecule has 0 fully saturated rings. The molecule has 0 N–H and O–H groups in total. The topological polar surface area (TPSA) is 52.6 Å². The minimum Gasteiger partial charge on any atom is -0.343 e. The molecule has 0 heterocycles. The van der Waals surface area contributed by atoms with Crippen LogP contribution in [0.2, 0.25) is 0 Å². The highest BCUT2D eigenvalue weighted by Gasteiger charge is 2.41. The van der Waals surface area contributed by atoms with E-state index in [-0.39, 0.29) is 5.78 Å². The monoisotopic (exact) mass is 286 g/mol. The van der Waals surface area contributed by atoms with Crippen molar-refractivity contribution < 1.29 is 19.1 Å². The third-order valence-corrected chi connectivity index (χ3v) is 3.06. The Hall–Kier alpha value is -2.30. The molecule has 0 amide bonds. The van der Waals surface area contributed by atoms with Gasteiger partial charge in [0.1, 0.15) is 6.79 Å². The van der Waals surface area contributed by atoms with Crippen molar-refractivity contribution in [2.24, 2.45) is 0 Å². The number of rotatable bonds is 5. The summed E-state index contributed by atoms with van der Waals surface area (Å²) >= 11 is 0. The van der Waals surface area contributed by atoms with Crippen molar-refractivity contribution in [1.29, 1.82) is 0 Å². The highest BCUT2D eigenvalue weighted by molar-refractivity contribution is 6.02. The maximum atomic E-state index is 12.7. The number of methoxy groups -OCH3 is 2. The van der Waals surface area contributed by atoms with Crippen LogP contribution >= 0.6 is 0 Å². The van der Waals surface area contributed by atoms with Gasteiger partial charge in [-0.3, -0.25) is 4.79 Å². The van der Waals surface area contributed by atoms with E-state index >= 15 is 0 Å². The number of carbonyl (C=O) groups is 2. The molecule has 2 rings (SSSR count). The first-order valence-electron chi connectivity index (χ1n) is 6.29. The van der Waals surface area contributed by atoms with Gasteiger partial charge in [-0.15, -0.1) is 0 Å². The summed E-state index contributed by atoms with van der Waals surface area (Å²) in [5.74, 6) is -1.62. The Morgan fingerprint density at radius 2 is 1.29 bits per heavy atom. The quantitative estimate of drug-likeness (QED) is 0.626. The highest BCUT2D eigenvalue weighted by Crippen LogP contribution is 2.30. The summed E-state index contributed by atoms with van der Waals surface area (Å²) in [6.45, 7) is 2.00. The summed E-state index contributed by atoms with van der Waals surface area (Å²) in [5, 5.41) is 0. The molecule has 2 aromatic carbocycles. The van der Waals surface area contributed by atoms with Gasteiger partial charge < -0.3 is 14.3 Å². The second-order valence-electron chi connectivity index (χ2n) is 4.09. The third-order valence-electron chi connectivity index (χ3n) is 3.06. The van der Waals surface area contributed by atoms with Crippen LogP contribution in [0.25, 0.3) is 0 Å². The zero-order valence-electron chi connectivity index (χ0n) is 12.1. The Morgan fingerprint density at radius 1 is 0.857 bits per heavy atom. The Balaban J connectivity index is 0.00000106. The van der Waals surface area contributed by atoms with Gasteiger partial charge in [-0.2, -0.15) is 0 Å². The molecule has 0 aliphatic rings. The standard InChI is InChI=1S/C16H16O3.CH2O/c1-18-16(19-2,14-11-7-4-8-12-14)15(17)13-9-5-3-6-10-13;1-2/h3-12H,1-2H3;1H2. The predicted molar refractivity (Wildman–Crippen MR) is 80.0 cm³/mol. The summed E-state index contributed by atoms with van der Waals surface area (Å²) in [4.78, 5) is 20.7. The van der Waals surface area contributed by atoms with Crippen LogP contribution in [0.3, 0.4) is 0 Å². The lowest BCUT2D eigenvalue weighted by atomic mass is 9.96. The fourth-order valence-corrected chi connectivity index (χ4v) is 2.07. The summed E-state index contributed by atoms with van der Waals surface area (Å²) in [6, 6.07) is 18.2. The molecular weight excluding hydrogens is 268 g/mol. The first-order valence-corrected chi connectivity index (χ1v) is 6.29. The molecule has 4 nitrogen and oxygen atoms in total. The second kappa shape index (κ2) is 8.09. The predicted octanol–water partition coefficient (Wildman–Crippen LogP) is 2.83. The molecule has 2 aromatic rings. The van der Waals surface area contributed by atoms with Crippen LogP contribution in [0.15, 0.2) is 60.7 Å². The largest absolute Gasteiger partial charge is 0.343 e. The van der Waals surface area contributed by atoms with Crippen molar-refractivity contribution in [3.8, 4) is 0 Å². The molecule has 0 aliphatic heterocycles.